The minimum atomic E-state index is -4.97. The Morgan fingerprint density at radius 3 is 0.590 bits per heavy atom. The predicted molar refractivity (Wildman–Crippen MR) is 432 cm³/mol. The number of aliphatic hydroxyl groups excluding tert-OH is 1. The fourth-order valence-electron chi connectivity index (χ4n) is 13.3. The molecule has 0 aliphatic carbocycles. The quantitative estimate of drug-likeness (QED) is 0.0222. The molecule has 17 nitrogen and oxygen atoms in total. The standard InChI is InChI=1S/C86H168O17P2/c1-76(2)62-54-46-38-31-25-19-13-9-10-16-22-28-34-42-50-58-66-83(88)96-72-81(102-85(90)68-60-52-43-35-29-23-17-11-14-20-26-32-39-47-55-63-77(3)4)74-100-104(92,93)98-70-80(87)71-99-105(94,95)101-75-82(73-97-84(89)67-59-51-45-37-41-49-57-65-79(7)8)103-86(91)69-61-53-44-36-30-24-18-12-15-21-27-33-40-48-56-64-78(5)6/h76-82,87H,9-75H2,1-8H3,(H,92,93)(H,94,95)/t80?,81-,82-/m1/s1. The van der Waals surface area contributed by atoms with Crippen molar-refractivity contribution in [2.45, 2.75) is 465 Å². The third kappa shape index (κ3) is 79.9. The van der Waals surface area contributed by atoms with Crippen LogP contribution in [-0.2, 0) is 65.4 Å². The molecular weight excluding hydrogens is 1370 g/mol. The minimum Gasteiger partial charge on any atom is -0.462 e. The van der Waals surface area contributed by atoms with Gasteiger partial charge in [-0.3, -0.25) is 37.3 Å². The summed E-state index contributed by atoms with van der Waals surface area (Å²) >= 11 is 0. The molecule has 0 aromatic carbocycles. The van der Waals surface area contributed by atoms with Gasteiger partial charge in [0.15, 0.2) is 12.2 Å². The summed E-state index contributed by atoms with van der Waals surface area (Å²) in [6.07, 6.45) is 63.9. The summed E-state index contributed by atoms with van der Waals surface area (Å²) in [6.45, 7) is 14.3. The molecule has 0 saturated carbocycles. The van der Waals surface area contributed by atoms with Crippen LogP contribution in [0.1, 0.15) is 447 Å². The number of unbranched alkanes of at least 4 members (excludes halogenated alkanes) is 49. The molecule has 0 saturated heterocycles. The normalized spacial score (nSPS) is 13.9. The molecule has 0 fully saturated rings. The molecule has 0 aromatic heterocycles. The molecule has 0 radical (unpaired) electrons. The molecule has 624 valence electrons. The molecule has 0 aliphatic rings. The van der Waals surface area contributed by atoms with Crippen LogP contribution in [0.15, 0.2) is 0 Å². The molecule has 0 heterocycles. The van der Waals surface area contributed by atoms with Crippen LogP contribution < -0.4 is 0 Å². The van der Waals surface area contributed by atoms with Gasteiger partial charge in [-0.25, -0.2) is 9.13 Å². The van der Waals surface area contributed by atoms with Crippen LogP contribution in [-0.4, -0.2) is 96.7 Å². The molecule has 3 N–H and O–H groups in total. The number of esters is 4. The molecule has 3 unspecified atom stereocenters. The van der Waals surface area contributed by atoms with Crippen molar-refractivity contribution in [3.05, 3.63) is 0 Å². The average Bonchev–Trinajstić information content (AvgIpc) is 0.907. The lowest BCUT2D eigenvalue weighted by molar-refractivity contribution is -0.161. The third-order valence-corrected chi connectivity index (χ3v) is 22.0. The Bertz CT molecular complexity index is 2040. The van der Waals surface area contributed by atoms with Crippen LogP contribution in [0.25, 0.3) is 0 Å². The molecule has 0 bridgehead atoms. The fourth-order valence-corrected chi connectivity index (χ4v) is 14.9. The number of ether oxygens (including phenoxy) is 4. The van der Waals surface area contributed by atoms with Crippen molar-refractivity contribution in [3.63, 3.8) is 0 Å². The number of rotatable bonds is 83. The maximum atomic E-state index is 13.1. The van der Waals surface area contributed by atoms with Gasteiger partial charge in [0.2, 0.25) is 0 Å². The van der Waals surface area contributed by atoms with Crippen LogP contribution in [0, 0.1) is 23.7 Å². The van der Waals surface area contributed by atoms with Crippen LogP contribution in [0.4, 0.5) is 0 Å². The SMILES string of the molecule is CC(C)CCCCCCCCCCCCCCCCCCC(=O)OC[C@H](COP(=O)(O)OCC(O)COP(=O)(O)OC[C@@H](COC(=O)CCCCCCCCCC(C)C)OC(=O)CCCCCCCCCCCCCCCCCC(C)C)OC(=O)CCCCCCCCCCCCCCCCCC(C)C. The maximum Gasteiger partial charge on any atom is 0.472 e. The van der Waals surface area contributed by atoms with Crippen LogP contribution in [0.2, 0.25) is 0 Å². The van der Waals surface area contributed by atoms with Crippen molar-refractivity contribution in [2.24, 2.45) is 23.7 Å². The third-order valence-electron chi connectivity index (χ3n) is 20.1. The maximum absolute atomic E-state index is 13.1. The van der Waals surface area contributed by atoms with Crippen LogP contribution >= 0.6 is 15.6 Å². The summed E-state index contributed by atoms with van der Waals surface area (Å²) in [5, 5.41) is 10.7. The summed E-state index contributed by atoms with van der Waals surface area (Å²) in [5.41, 5.74) is 0. The molecule has 0 aromatic rings. The van der Waals surface area contributed by atoms with Gasteiger partial charge in [-0.15, -0.1) is 0 Å². The van der Waals surface area contributed by atoms with Crippen molar-refractivity contribution < 1.29 is 80.2 Å². The molecule has 5 atom stereocenters. The summed E-state index contributed by atoms with van der Waals surface area (Å²) in [6, 6.07) is 0. The topological polar surface area (TPSA) is 237 Å². The highest BCUT2D eigenvalue weighted by molar-refractivity contribution is 7.47. The van der Waals surface area contributed by atoms with Gasteiger partial charge in [0.25, 0.3) is 0 Å². The Hall–Kier alpha value is -1.94. The van der Waals surface area contributed by atoms with E-state index in [4.69, 9.17) is 37.0 Å². The van der Waals surface area contributed by atoms with E-state index < -0.39 is 97.5 Å². The summed E-state index contributed by atoms with van der Waals surface area (Å²) in [4.78, 5) is 73.2. The zero-order valence-electron chi connectivity index (χ0n) is 69.4. The first-order chi connectivity index (χ1) is 50.6. The van der Waals surface area contributed by atoms with E-state index in [1.807, 2.05) is 0 Å². The van der Waals surface area contributed by atoms with Gasteiger partial charge in [-0.2, -0.15) is 0 Å². The van der Waals surface area contributed by atoms with E-state index in [1.54, 1.807) is 0 Å². The first kappa shape index (κ1) is 103. The number of phosphoric acid groups is 2. The highest BCUT2D eigenvalue weighted by Crippen LogP contribution is 2.45. The second-order valence-corrected chi connectivity index (χ2v) is 35.7. The lowest BCUT2D eigenvalue weighted by Crippen LogP contribution is -2.30. The molecule has 0 spiro atoms. The number of hydrogen-bond donors (Lipinski definition) is 3. The molecule has 105 heavy (non-hydrogen) atoms. The van der Waals surface area contributed by atoms with Gasteiger partial charge < -0.3 is 33.8 Å². The molecule has 19 heteroatoms. The van der Waals surface area contributed by atoms with Crippen LogP contribution in [0.3, 0.4) is 0 Å². The van der Waals surface area contributed by atoms with Crippen molar-refractivity contribution in [3.8, 4) is 0 Å². The average molecular weight is 1540 g/mol. The number of aliphatic hydroxyl groups is 1. The van der Waals surface area contributed by atoms with E-state index in [-0.39, 0.29) is 25.7 Å². The van der Waals surface area contributed by atoms with Gasteiger partial charge in [0.1, 0.15) is 19.3 Å². The van der Waals surface area contributed by atoms with E-state index in [0.717, 1.165) is 114 Å². The van der Waals surface area contributed by atoms with Crippen molar-refractivity contribution in [2.75, 3.05) is 39.6 Å². The molecular formula is C86H168O17P2. The first-order valence-electron chi connectivity index (χ1n) is 44.2. The molecule has 0 aliphatic heterocycles. The smallest absolute Gasteiger partial charge is 0.462 e. The lowest BCUT2D eigenvalue weighted by Gasteiger charge is -2.21. The zero-order chi connectivity index (χ0) is 77.4. The largest absolute Gasteiger partial charge is 0.472 e. The van der Waals surface area contributed by atoms with E-state index in [0.29, 0.717) is 31.6 Å². The lowest BCUT2D eigenvalue weighted by atomic mass is 10.0. The molecule has 0 amide bonds. The Labute approximate surface area is 645 Å². The zero-order valence-corrected chi connectivity index (χ0v) is 71.2. The van der Waals surface area contributed by atoms with Crippen LogP contribution in [0.5, 0.6) is 0 Å². The Morgan fingerprint density at radius 1 is 0.238 bits per heavy atom. The number of carbonyl (C=O) groups is 4. The summed E-state index contributed by atoms with van der Waals surface area (Å²) in [7, 11) is -9.93. The van der Waals surface area contributed by atoms with Gasteiger partial charge in [0, 0.05) is 25.7 Å². The van der Waals surface area contributed by atoms with Gasteiger partial charge >= 0.3 is 39.5 Å². The Morgan fingerprint density at radius 2 is 0.400 bits per heavy atom. The molecule has 0 rings (SSSR count). The fraction of sp³-hybridized carbons (Fsp3) is 0.953. The Balaban J connectivity index is 5.23. The number of phosphoric ester groups is 2. The van der Waals surface area contributed by atoms with E-state index in [2.05, 4.69) is 55.4 Å². The summed E-state index contributed by atoms with van der Waals surface area (Å²) in [5.74, 6) is 1.01. The number of hydrogen-bond acceptors (Lipinski definition) is 15. The number of carbonyl (C=O) groups excluding carboxylic acids is 4. The van der Waals surface area contributed by atoms with Gasteiger partial charge in [-0.1, -0.05) is 396 Å². The first-order valence-corrected chi connectivity index (χ1v) is 47.2. The second kappa shape index (κ2) is 74.8. The predicted octanol–water partition coefficient (Wildman–Crippen LogP) is 25.9. The summed E-state index contributed by atoms with van der Waals surface area (Å²) < 4.78 is 68.9. The Kier molecular flexibility index (Phi) is 73.4. The van der Waals surface area contributed by atoms with E-state index in [9.17, 15) is 43.2 Å². The highest BCUT2D eigenvalue weighted by Gasteiger charge is 2.30. The van der Waals surface area contributed by atoms with Crippen molar-refractivity contribution >= 4 is 39.5 Å². The van der Waals surface area contributed by atoms with Gasteiger partial charge in [0.05, 0.1) is 26.4 Å². The highest BCUT2D eigenvalue weighted by atomic mass is 31.2. The van der Waals surface area contributed by atoms with Gasteiger partial charge in [-0.05, 0) is 49.4 Å². The van der Waals surface area contributed by atoms with Crippen molar-refractivity contribution in [1.29, 1.82) is 0 Å². The van der Waals surface area contributed by atoms with E-state index in [1.165, 1.54) is 244 Å². The minimum absolute atomic E-state index is 0.107. The van der Waals surface area contributed by atoms with Crippen molar-refractivity contribution in [1.82, 2.24) is 0 Å². The van der Waals surface area contributed by atoms with E-state index >= 15 is 0 Å². The second-order valence-electron chi connectivity index (χ2n) is 32.8. The monoisotopic (exact) mass is 1540 g/mol.